The number of ether oxygens (including phenoxy) is 1. The number of benzene rings is 2. The Morgan fingerprint density at radius 3 is 2.40 bits per heavy atom. The first kappa shape index (κ1) is 13.9. The molecule has 0 bridgehead atoms. The van der Waals surface area contributed by atoms with Crippen LogP contribution in [0.4, 0.5) is 5.69 Å². The summed E-state index contributed by atoms with van der Waals surface area (Å²) in [4.78, 5) is 11.8. The van der Waals surface area contributed by atoms with Crippen LogP contribution in [0.1, 0.15) is 15.9 Å². The molecule has 0 heterocycles. The maximum Gasteiger partial charge on any atom is 0.251 e. The van der Waals surface area contributed by atoms with Crippen molar-refractivity contribution in [1.29, 1.82) is 0 Å². The highest BCUT2D eigenvalue weighted by Crippen LogP contribution is 2.12. The van der Waals surface area contributed by atoms with Crippen molar-refractivity contribution in [2.45, 2.75) is 6.92 Å². The molecule has 0 fully saturated rings. The van der Waals surface area contributed by atoms with E-state index in [2.05, 4.69) is 5.32 Å². The summed E-state index contributed by atoms with van der Waals surface area (Å²) in [6.45, 7) is 2.86. The van der Waals surface area contributed by atoms with Crippen molar-refractivity contribution in [1.82, 2.24) is 5.32 Å². The molecule has 0 saturated heterocycles. The third-order valence-corrected chi connectivity index (χ3v) is 2.85. The van der Waals surface area contributed by atoms with Gasteiger partial charge in [-0.2, -0.15) is 0 Å². The van der Waals surface area contributed by atoms with Crippen molar-refractivity contribution >= 4 is 11.6 Å². The summed E-state index contributed by atoms with van der Waals surface area (Å²) in [7, 11) is 0. The molecule has 1 amide bonds. The van der Waals surface area contributed by atoms with Crippen molar-refractivity contribution in [3.63, 3.8) is 0 Å². The van der Waals surface area contributed by atoms with Crippen LogP contribution < -0.4 is 15.8 Å². The number of amides is 1. The highest BCUT2D eigenvalue weighted by molar-refractivity contribution is 5.94. The SMILES string of the molecule is Cc1ccc(C(=O)NCCOc2ccc(N)cc2)cc1. The summed E-state index contributed by atoms with van der Waals surface area (Å²) >= 11 is 0. The van der Waals surface area contributed by atoms with Crippen LogP contribution in [-0.2, 0) is 0 Å². The van der Waals surface area contributed by atoms with Crippen molar-refractivity contribution < 1.29 is 9.53 Å². The number of hydrogen-bond donors (Lipinski definition) is 2. The first-order chi connectivity index (χ1) is 9.65. The fourth-order valence-electron chi connectivity index (χ4n) is 1.70. The molecule has 0 atom stereocenters. The van der Waals surface area contributed by atoms with E-state index in [0.717, 1.165) is 11.3 Å². The van der Waals surface area contributed by atoms with E-state index < -0.39 is 0 Å². The van der Waals surface area contributed by atoms with E-state index in [0.29, 0.717) is 24.4 Å². The van der Waals surface area contributed by atoms with E-state index in [1.807, 2.05) is 31.2 Å². The minimum absolute atomic E-state index is 0.0918. The van der Waals surface area contributed by atoms with Gasteiger partial charge in [0, 0.05) is 11.3 Å². The van der Waals surface area contributed by atoms with E-state index in [1.54, 1.807) is 24.3 Å². The molecule has 0 aliphatic carbocycles. The second kappa shape index (κ2) is 6.61. The number of hydrogen-bond acceptors (Lipinski definition) is 3. The highest BCUT2D eigenvalue weighted by atomic mass is 16.5. The van der Waals surface area contributed by atoms with E-state index in [9.17, 15) is 4.79 Å². The van der Waals surface area contributed by atoms with E-state index >= 15 is 0 Å². The summed E-state index contributed by atoms with van der Waals surface area (Å²) in [6.07, 6.45) is 0. The summed E-state index contributed by atoms with van der Waals surface area (Å²) in [5, 5.41) is 2.81. The summed E-state index contributed by atoms with van der Waals surface area (Å²) < 4.78 is 5.50. The third kappa shape index (κ3) is 4.02. The average molecular weight is 270 g/mol. The second-order valence-electron chi connectivity index (χ2n) is 4.54. The number of anilines is 1. The highest BCUT2D eigenvalue weighted by Gasteiger charge is 2.03. The fourth-order valence-corrected chi connectivity index (χ4v) is 1.70. The van der Waals surface area contributed by atoms with Gasteiger partial charge in [0.1, 0.15) is 12.4 Å². The van der Waals surface area contributed by atoms with Crippen LogP contribution >= 0.6 is 0 Å². The Hall–Kier alpha value is -2.49. The maximum atomic E-state index is 11.8. The van der Waals surface area contributed by atoms with Crippen LogP contribution in [-0.4, -0.2) is 19.1 Å². The van der Waals surface area contributed by atoms with Crippen molar-refractivity contribution in [3.8, 4) is 5.75 Å². The zero-order valence-electron chi connectivity index (χ0n) is 11.4. The summed E-state index contributed by atoms with van der Waals surface area (Å²) in [6, 6.07) is 14.6. The molecule has 0 aliphatic rings. The van der Waals surface area contributed by atoms with Crippen molar-refractivity contribution in [2.24, 2.45) is 0 Å². The molecule has 0 unspecified atom stereocenters. The lowest BCUT2D eigenvalue weighted by Crippen LogP contribution is -2.28. The molecular formula is C16H18N2O2. The quantitative estimate of drug-likeness (QED) is 0.647. The predicted octanol–water partition coefficient (Wildman–Crippen LogP) is 2.39. The van der Waals surface area contributed by atoms with E-state index in [-0.39, 0.29) is 5.91 Å². The number of rotatable bonds is 5. The van der Waals surface area contributed by atoms with Crippen LogP contribution in [0.5, 0.6) is 5.75 Å². The topological polar surface area (TPSA) is 64.3 Å². The Kier molecular flexibility index (Phi) is 4.60. The first-order valence-electron chi connectivity index (χ1n) is 6.48. The number of nitrogens with two attached hydrogens (primary N) is 1. The lowest BCUT2D eigenvalue weighted by Gasteiger charge is -2.08. The van der Waals surface area contributed by atoms with Gasteiger partial charge >= 0.3 is 0 Å². The first-order valence-corrected chi connectivity index (χ1v) is 6.48. The van der Waals surface area contributed by atoms with Crippen molar-refractivity contribution in [2.75, 3.05) is 18.9 Å². The molecule has 104 valence electrons. The normalized spacial score (nSPS) is 10.1. The molecule has 2 aromatic rings. The van der Waals surface area contributed by atoms with Gasteiger partial charge in [0.05, 0.1) is 6.54 Å². The lowest BCUT2D eigenvalue weighted by atomic mass is 10.1. The number of carbonyl (C=O) groups excluding carboxylic acids is 1. The monoisotopic (exact) mass is 270 g/mol. The number of nitrogen functional groups attached to an aromatic ring is 1. The predicted molar refractivity (Wildman–Crippen MR) is 79.9 cm³/mol. The lowest BCUT2D eigenvalue weighted by molar-refractivity contribution is 0.0947. The second-order valence-corrected chi connectivity index (χ2v) is 4.54. The Morgan fingerprint density at radius 1 is 1.10 bits per heavy atom. The van der Waals surface area contributed by atoms with Crippen LogP contribution in [0.2, 0.25) is 0 Å². The van der Waals surface area contributed by atoms with Gasteiger partial charge in [-0.05, 0) is 43.3 Å². The third-order valence-electron chi connectivity index (χ3n) is 2.85. The van der Waals surface area contributed by atoms with Gasteiger partial charge in [-0.3, -0.25) is 4.79 Å². The zero-order chi connectivity index (χ0) is 14.4. The van der Waals surface area contributed by atoms with Crippen molar-refractivity contribution in [3.05, 3.63) is 59.7 Å². The molecule has 0 saturated carbocycles. The largest absolute Gasteiger partial charge is 0.492 e. The molecular weight excluding hydrogens is 252 g/mol. The Morgan fingerprint density at radius 2 is 1.75 bits per heavy atom. The fraction of sp³-hybridized carbons (Fsp3) is 0.188. The summed E-state index contributed by atoms with van der Waals surface area (Å²) in [5.74, 6) is 0.648. The molecule has 2 rings (SSSR count). The van der Waals surface area contributed by atoms with Gasteiger partial charge in [-0.25, -0.2) is 0 Å². The molecule has 20 heavy (non-hydrogen) atoms. The standard InChI is InChI=1S/C16H18N2O2/c1-12-2-4-13(5-3-12)16(19)18-10-11-20-15-8-6-14(17)7-9-15/h2-9H,10-11,17H2,1H3,(H,18,19). The number of carbonyl (C=O) groups is 1. The molecule has 3 N–H and O–H groups in total. The minimum atomic E-state index is -0.0918. The van der Waals surface area contributed by atoms with Gasteiger partial charge in [-0.15, -0.1) is 0 Å². The Bertz CT molecular complexity index is 562. The smallest absolute Gasteiger partial charge is 0.251 e. The molecule has 4 heteroatoms. The van der Waals surface area contributed by atoms with Gasteiger partial charge in [-0.1, -0.05) is 17.7 Å². The Labute approximate surface area is 118 Å². The van der Waals surface area contributed by atoms with E-state index in [4.69, 9.17) is 10.5 Å². The van der Waals surface area contributed by atoms with Crippen LogP contribution in [0.25, 0.3) is 0 Å². The van der Waals surface area contributed by atoms with Gasteiger partial charge in [0.2, 0.25) is 0 Å². The minimum Gasteiger partial charge on any atom is -0.492 e. The summed E-state index contributed by atoms with van der Waals surface area (Å²) in [5.41, 5.74) is 8.07. The molecule has 0 radical (unpaired) electrons. The Balaban J connectivity index is 1.74. The molecule has 0 aromatic heterocycles. The van der Waals surface area contributed by atoms with Crippen LogP contribution in [0.15, 0.2) is 48.5 Å². The molecule has 4 nitrogen and oxygen atoms in total. The number of nitrogens with one attached hydrogen (secondary N) is 1. The molecule has 0 spiro atoms. The number of aryl methyl sites for hydroxylation is 1. The van der Waals surface area contributed by atoms with Crippen LogP contribution in [0, 0.1) is 6.92 Å². The van der Waals surface area contributed by atoms with E-state index in [1.165, 1.54) is 0 Å². The molecule has 0 aliphatic heterocycles. The van der Waals surface area contributed by atoms with Gasteiger partial charge in [0.15, 0.2) is 0 Å². The van der Waals surface area contributed by atoms with Gasteiger partial charge < -0.3 is 15.8 Å². The maximum absolute atomic E-state index is 11.8. The van der Waals surface area contributed by atoms with Gasteiger partial charge in [0.25, 0.3) is 5.91 Å². The average Bonchev–Trinajstić information content (AvgIpc) is 2.46. The zero-order valence-corrected chi connectivity index (χ0v) is 11.4. The van der Waals surface area contributed by atoms with Crippen LogP contribution in [0.3, 0.4) is 0 Å². The molecule has 2 aromatic carbocycles.